The molecule has 7 nitrogen and oxygen atoms in total. The van der Waals surface area contributed by atoms with Crippen molar-refractivity contribution in [1.82, 2.24) is 34.7 Å². The molecule has 0 N–H and O–H groups in total. The molecule has 0 aliphatic carbocycles. The fourth-order valence-electron chi connectivity index (χ4n) is 1.00. The monoisotopic (exact) mass is 259 g/mol. The molecule has 0 aliphatic heterocycles. The Bertz CT molecular complexity index is 484. The molecule has 3 rings (SSSR count). The molecule has 0 atom stereocenters. The van der Waals surface area contributed by atoms with Crippen LogP contribution in [0.15, 0.2) is 49.3 Å². The average molecular weight is 259 g/mol. The van der Waals surface area contributed by atoms with Crippen molar-refractivity contribution in [2.75, 3.05) is 0 Å². The van der Waals surface area contributed by atoms with Gasteiger partial charge in [-0.1, -0.05) is 0 Å². The Balaban J connectivity index is 0.000000143. The van der Waals surface area contributed by atoms with Crippen LogP contribution in [0.1, 0.15) is 5.82 Å². The van der Waals surface area contributed by atoms with Crippen LogP contribution in [-0.2, 0) is 14.1 Å². The van der Waals surface area contributed by atoms with Gasteiger partial charge in [0, 0.05) is 38.9 Å². The summed E-state index contributed by atoms with van der Waals surface area (Å²) >= 11 is 0. The van der Waals surface area contributed by atoms with Crippen LogP contribution in [0, 0.1) is 6.92 Å². The Morgan fingerprint density at radius 1 is 0.789 bits per heavy atom. The predicted octanol–water partition coefficient (Wildman–Crippen LogP) is 1.02. The normalized spacial score (nSPS) is 8.79. The molecule has 7 heteroatoms. The van der Waals surface area contributed by atoms with Crippen LogP contribution in [-0.4, -0.2) is 34.7 Å². The maximum absolute atomic E-state index is 3.87. The second-order valence-electron chi connectivity index (χ2n) is 3.49. The van der Waals surface area contributed by atoms with Crippen molar-refractivity contribution in [2.45, 2.75) is 6.92 Å². The van der Waals surface area contributed by atoms with Crippen LogP contribution in [0.25, 0.3) is 0 Å². The van der Waals surface area contributed by atoms with Gasteiger partial charge in [-0.2, -0.15) is 20.1 Å². The zero-order valence-electron chi connectivity index (χ0n) is 11.2. The molecular weight excluding hydrogens is 242 g/mol. The number of aromatic nitrogens is 7. The van der Waals surface area contributed by atoms with Gasteiger partial charge in [0.1, 0.15) is 5.82 Å². The SMILES string of the molecule is Cc1ncccn1.Cn1cccn1.Cn1nccn1. The highest BCUT2D eigenvalue weighted by molar-refractivity contribution is 4.84. The Kier molecular flexibility index (Phi) is 6.49. The first-order valence-corrected chi connectivity index (χ1v) is 5.66. The Morgan fingerprint density at radius 3 is 1.63 bits per heavy atom. The van der Waals surface area contributed by atoms with Gasteiger partial charge in [0.25, 0.3) is 0 Å². The van der Waals surface area contributed by atoms with Gasteiger partial charge in [-0.3, -0.25) is 4.68 Å². The fourth-order valence-corrected chi connectivity index (χ4v) is 1.00. The summed E-state index contributed by atoms with van der Waals surface area (Å²) in [4.78, 5) is 9.24. The Labute approximate surface area is 111 Å². The predicted molar refractivity (Wildman–Crippen MR) is 71.0 cm³/mol. The van der Waals surface area contributed by atoms with E-state index < -0.39 is 0 Å². The van der Waals surface area contributed by atoms with Gasteiger partial charge in [0.15, 0.2) is 0 Å². The summed E-state index contributed by atoms with van der Waals surface area (Å²) in [6, 6.07) is 3.69. The van der Waals surface area contributed by atoms with Gasteiger partial charge < -0.3 is 0 Å². The molecule has 0 spiro atoms. The molecule has 0 unspecified atom stereocenters. The number of rotatable bonds is 0. The van der Waals surface area contributed by atoms with Crippen molar-refractivity contribution < 1.29 is 0 Å². The van der Waals surface area contributed by atoms with Gasteiger partial charge in [0.2, 0.25) is 0 Å². The number of hydrogen-bond acceptors (Lipinski definition) is 5. The lowest BCUT2D eigenvalue weighted by Gasteiger charge is -1.81. The lowest BCUT2D eigenvalue weighted by atomic mass is 10.6. The second kappa shape index (κ2) is 8.51. The standard InChI is InChI=1S/C5H6N2.C4H6N2.C3H5N3/c1-5-6-3-2-4-7-5;2*1-6-4-2-3-5-6/h2-4H,1H3;2-4H,1H3;2-3H,1H3. The minimum absolute atomic E-state index is 0.822. The highest BCUT2D eigenvalue weighted by Gasteiger charge is 1.74. The second-order valence-corrected chi connectivity index (χ2v) is 3.49. The number of aryl methyl sites for hydroxylation is 3. The van der Waals surface area contributed by atoms with E-state index in [0.29, 0.717) is 0 Å². The summed E-state index contributed by atoms with van der Waals surface area (Å²) in [5.41, 5.74) is 0. The molecule has 3 heterocycles. The van der Waals surface area contributed by atoms with E-state index in [0.717, 1.165) is 5.82 Å². The molecule has 0 aliphatic rings. The van der Waals surface area contributed by atoms with Crippen molar-refractivity contribution in [1.29, 1.82) is 0 Å². The molecule has 100 valence electrons. The third kappa shape index (κ3) is 7.37. The molecule has 3 aromatic heterocycles. The van der Waals surface area contributed by atoms with Crippen LogP contribution >= 0.6 is 0 Å². The van der Waals surface area contributed by atoms with Gasteiger partial charge in [-0.15, -0.1) is 0 Å². The molecule has 0 saturated carbocycles. The van der Waals surface area contributed by atoms with E-state index in [1.54, 1.807) is 48.8 Å². The van der Waals surface area contributed by atoms with E-state index >= 15 is 0 Å². The zero-order chi connectivity index (χ0) is 13.9. The summed E-state index contributed by atoms with van der Waals surface area (Å²) in [5.74, 6) is 0.822. The third-order valence-electron chi connectivity index (χ3n) is 1.87. The van der Waals surface area contributed by atoms with Crippen LogP contribution in [0.4, 0.5) is 0 Å². The van der Waals surface area contributed by atoms with Gasteiger partial charge in [-0.25, -0.2) is 9.97 Å². The molecule has 0 aromatic carbocycles. The molecule has 0 bridgehead atoms. The molecule has 0 radical (unpaired) electrons. The first kappa shape index (κ1) is 14.5. The summed E-state index contributed by atoms with van der Waals surface area (Å²) in [5, 5.41) is 11.3. The highest BCUT2D eigenvalue weighted by atomic mass is 15.4. The minimum atomic E-state index is 0.822. The molecule has 0 fully saturated rings. The topological polar surface area (TPSA) is 74.3 Å². The van der Waals surface area contributed by atoms with Crippen molar-refractivity contribution in [3.63, 3.8) is 0 Å². The van der Waals surface area contributed by atoms with Gasteiger partial charge in [0.05, 0.1) is 12.4 Å². The van der Waals surface area contributed by atoms with Crippen LogP contribution in [0.3, 0.4) is 0 Å². The van der Waals surface area contributed by atoms with E-state index in [1.165, 1.54) is 4.80 Å². The smallest absolute Gasteiger partial charge is 0.125 e. The molecule has 19 heavy (non-hydrogen) atoms. The largest absolute Gasteiger partial charge is 0.276 e. The summed E-state index contributed by atoms with van der Waals surface area (Å²) in [6.07, 6.45) is 10.4. The van der Waals surface area contributed by atoms with E-state index in [4.69, 9.17) is 0 Å². The Morgan fingerprint density at radius 2 is 1.42 bits per heavy atom. The van der Waals surface area contributed by atoms with Gasteiger partial charge >= 0.3 is 0 Å². The molecule has 0 amide bonds. The maximum Gasteiger partial charge on any atom is 0.125 e. The van der Waals surface area contributed by atoms with Crippen molar-refractivity contribution in [3.8, 4) is 0 Å². The van der Waals surface area contributed by atoms with Crippen molar-refractivity contribution >= 4 is 0 Å². The van der Waals surface area contributed by atoms with Crippen LogP contribution in [0.5, 0.6) is 0 Å². The number of nitrogens with zero attached hydrogens (tertiary/aromatic N) is 7. The van der Waals surface area contributed by atoms with E-state index in [2.05, 4.69) is 25.3 Å². The number of hydrogen-bond donors (Lipinski definition) is 0. The summed E-state index contributed by atoms with van der Waals surface area (Å²) in [7, 11) is 3.67. The van der Waals surface area contributed by atoms with E-state index in [9.17, 15) is 0 Å². The first-order chi connectivity index (χ1) is 9.18. The first-order valence-electron chi connectivity index (χ1n) is 5.66. The molecule has 3 aromatic rings. The summed E-state index contributed by atoms with van der Waals surface area (Å²) in [6.45, 7) is 1.86. The quantitative estimate of drug-likeness (QED) is 0.602. The summed E-state index contributed by atoms with van der Waals surface area (Å²) < 4.78 is 1.75. The zero-order valence-corrected chi connectivity index (χ0v) is 11.2. The maximum atomic E-state index is 3.87. The third-order valence-corrected chi connectivity index (χ3v) is 1.87. The van der Waals surface area contributed by atoms with Crippen LogP contribution < -0.4 is 0 Å². The molecular formula is C12H17N7. The van der Waals surface area contributed by atoms with E-state index in [1.807, 2.05) is 26.2 Å². The lowest BCUT2D eigenvalue weighted by molar-refractivity contribution is 0.654. The van der Waals surface area contributed by atoms with Crippen molar-refractivity contribution in [2.24, 2.45) is 14.1 Å². The highest BCUT2D eigenvalue weighted by Crippen LogP contribution is 1.78. The van der Waals surface area contributed by atoms with Crippen molar-refractivity contribution in [3.05, 3.63) is 55.1 Å². The lowest BCUT2D eigenvalue weighted by Crippen LogP contribution is -1.89. The molecule has 0 saturated heterocycles. The van der Waals surface area contributed by atoms with Crippen LogP contribution in [0.2, 0.25) is 0 Å². The Hall–Kier alpha value is -2.57. The van der Waals surface area contributed by atoms with Gasteiger partial charge in [-0.05, 0) is 19.1 Å². The fraction of sp³-hybridized carbons (Fsp3) is 0.250. The minimum Gasteiger partial charge on any atom is -0.276 e. The van der Waals surface area contributed by atoms with E-state index in [-0.39, 0.29) is 0 Å². The average Bonchev–Trinajstić information content (AvgIpc) is 3.05.